The molecule has 1 fully saturated rings. The molecule has 3 rings (SSSR count). The van der Waals surface area contributed by atoms with Crippen LogP contribution in [0, 0.1) is 5.92 Å². The lowest BCUT2D eigenvalue weighted by Gasteiger charge is -2.11. The van der Waals surface area contributed by atoms with E-state index < -0.39 is 0 Å². The first-order valence-corrected chi connectivity index (χ1v) is 6.52. The Labute approximate surface area is 107 Å². The van der Waals surface area contributed by atoms with Crippen molar-refractivity contribution in [1.82, 2.24) is 0 Å². The fourth-order valence-corrected chi connectivity index (χ4v) is 2.38. The van der Waals surface area contributed by atoms with Crippen molar-refractivity contribution in [3.05, 3.63) is 42.0 Å². The zero-order valence-electron chi connectivity index (χ0n) is 10.6. The topological polar surface area (TPSA) is 29.5 Å². The molecule has 1 atom stereocenters. The second-order valence-electron chi connectivity index (χ2n) is 5.17. The van der Waals surface area contributed by atoms with E-state index >= 15 is 0 Å². The molecule has 0 aliphatic heterocycles. The molecule has 2 aromatic rings. The standard InChI is InChI=1S/C16H18O2/c1-18-15-7-6-12-9-14(5-4-13(12)10-15)16(17)8-11-2-3-11/h4-7,9-11,16-17H,2-3,8H2,1H3. The highest BCUT2D eigenvalue weighted by atomic mass is 16.5. The third kappa shape index (κ3) is 2.34. The monoisotopic (exact) mass is 242 g/mol. The van der Waals surface area contributed by atoms with Gasteiger partial charge in [0.2, 0.25) is 0 Å². The summed E-state index contributed by atoms with van der Waals surface area (Å²) in [5.41, 5.74) is 1.03. The maximum absolute atomic E-state index is 10.2. The average Bonchev–Trinajstić information content (AvgIpc) is 3.21. The van der Waals surface area contributed by atoms with Gasteiger partial charge >= 0.3 is 0 Å². The van der Waals surface area contributed by atoms with Gasteiger partial charge in [-0.25, -0.2) is 0 Å². The summed E-state index contributed by atoms with van der Waals surface area (Å²) in [5, 5.41) is 12.5. The predicted molar refractivity (Wildman–Crippen MR) is 72.8 cm³/mol. The number of ether oxygens (including phenoxy) is 1. The minimum absolute atomic E-state index is 0.316. The highest BCUT2D eigenvalue weighted by Gasteiger charge is 2.25. The molecule has 0 bridgehead atoms. The smallest absolute Gasteiger partial charge is 0.119 e. The van der Waals surface area contributed by atoms with Gasteiger partial charge in [-0.3, -0.25) is 0 Å². The second kappa shape index (κ2) is 4.62. The van der Waals surface area contributed by atoms with Crippen LogP contribution in [0.15, 0.2) is 36.4 Å². The molecule has 0 radical (unpaired) electrons. The largest absolute Gasteiger partial charge is 0.497 e. The van der Waals surface area contributed by atoms with E-state index in [9.17, 15) is 5.11 Å². The van der Waals surface area contributed by atoms with Gasteiger partial charge in [-0.05, 0) is 46.9 Å². The molecule has 0 heterocycles. The third-order valence-corrected chi connectivity index (χ3v) is 3.71. The first kappa shape index (κ1) is 11.5. The van der Waals surface area contributed by atoms with E-state index in [1.807, 2.05) is 24.3 Å². The molecule has 0 spiro atoms. The Hall–Kier alpha value is -1.54. The van der Waals surface area contributed by atoms with Crippen LogP contribution in [0.3, 0.4) is 0 Å². The number of methoxy groups -OCH3 is 1. The zero-order valence-corrected chi connectivity index (χ0v) is 10.6. The Balaban J connectivity index is 1.90. The highest BCUT2D eigenvalue weighted by molar-refractivity contribution is 5.84. The fourth-order valence-electron chi connectivity index (χ4n) is 2.38. The summed E-state index contributed by atoms with van der Waals surface area (Å²) in [6.07, 6.45) is 3.15. The van der Waals surface area contributed by atoms with Crippen molar-refractivity contribution >= 4 is 10.8 Å². The van der Waals surface area contributed by atoms with Gasteiger partial charge in [0.1, 0.15) is 5.75 Å². The van der Waals surface area contributed by atoms with Crippen molar-refractivity contribution in [3.8, 4) is 5.75 Å². The van der Waals surface area contributed by atoms with Crippen LogP contribution in [-0.4, -0.2) is 12.2 Å². The molecule has 1 saturated carbocycles. The van der Waals surface area contributed by atoms with Gasteiger partial charge in [0.05, 0.1) is 13.2 Å². The summed E-state index contributed by atoms with van der Waals surface area (Å²) >= 11 is 0. The molecule has 0 saturated heterocycles. The normalized spacial score (nSPS) is 16.8. The Morgan fingerprint density at radius 3 is 2.61 bits per heavy atom. The van der Waals surface area contributed by atoms with E-state index in [1.165, 1.54) is 12.8 Å². The van der Waals surface area contributed by atoms with Gasteiger partial charge in [-0.1, -0.05) is 31.0 Å². The molecular weight excluding hydrogens is 224 g/mol. The summed E-state index contributed by atoms with van der Waals surface area (Å²) < 4.78 is 5.21. The van der Waals surface area contributed by atoms with E-state index in [0.717, 1.165) is 34.4 Å². The second-order valence-corrected chi connectivity index (χ2v) is 5.17. The maximum atomic E-state index is 10.2. The summed E-state index contributed by atoms with van der Waals surface area (Å²) in [6.45, 7) is 0. The Morgan fingerprint density at radius 2 is 1.89 bits per heavy atom. The molecule has 1 aliphatic rings. The van der Waals surface area contributed by atoms with Gasteiger partial charge < -0.3 is 9.84 Å². The van der Waals surface area contributed by atoms with Crippen LogP contribution >= 0.6 is 0 Å². The molecule has 2 nitrogen and oxygen atoms in total. The van der Waals surface area contributed by atoms with E-state index in [0.29, 0.717) is 0 Å². The fraction of sp³-hybridized carbons (Fsp3) is 0.375. The van der Waals surface area contributed by atoms with E-state index in [1.54, 1.807) is 7.11 Å². The Morgan fingerprint density at radius 1 is 1.17 bits per heavy atom. The third-order valence-electron chi connectivity index (χ3n) is 3.71. The number of aliphatic hydroxyl groups is 1. The van der Waals surface area contributed by atoms with Crippen LogP contribution in [-0.2, 0) is 0 Å². The first-order chi connectivity index (χ1) is 8.76. The van der Waals surface area contributed by atoms with Gasteiger partial charge in [0.15, 0.2) is 0 Å². The summed E-state index contributed by atoms with van der Waals surface area (Å²) in [5.74, 6) is 1.61. The van der Waals surface area contributed by atoms with Gasteiger partial charge in [0, 0.05) is 0 Å². The van der Waals surface area contributed by atoms with Crippen LogP contribution in [0.2, 0.25) is 0 Å². The molecule has 0 aromatic heterocycles. The number of benzene rings is 2. The number of hydrogen-bond donors (Lipinski definition) is 1. The quantitative estimate of drug-likeness (QED) is 0.886. The SMILES string of the molecule is COc1ccc2cc(C(O)CC3CC3)ccc2c1. The number of hydrogen-bond acceptors (Lipinski definition) is 2. The minimum atomic E-state index is -0.316. The summed E-state index contributed by atoms with van der Waals surface area (Å²) in [7, 11) is 1.68. The molecule has 2 aromatic carbocycles. The lowest BCUT2D eigenvalue weighted by molar-refractivity contribution is 0.160. The van der Waals surface area contributed by atoms with Crippen molar-refractivity contribution in [2.45, 2.75) is 25.4 Å². The molecule has 94 valence electrons. The molecule has 2 heteroatoms. The average molecular weight is 242 g/mol. The number of fused-ring (bicyclic) bond motifs is 1. The van der Waals surface area contributed by atoms with Gasteiger partial charge in [0.25, 0.3) is 0 Å². The van der Waals surface area contributed by atoms with E-state index in [2.05, 4.69) is 12.1 Å². The van der Waals surface area contributed by atoms with Gasteiger partial charge in [-0.2, -0.15) is 0 Å². The van der Waals surface area contributed by atoms with E-state index in [4.69, 9.17) is 4.74 Å². The van der Waals surface area contributed by atoms with Crippen molar-refractivity contribution in [1.29, 1.82) is 0 Å². The van der Waals surface area contributed by atoms with Crippen molar-refractivity contribution < 1.29 is 9.84 Å². The molecule has 0 amide bonds. The molecule has 1 aliphatic carbocycles. The van der Waals surface area contributed by atoms with Gasteiger partial charge in [-0.15, -0.1) is 0 Å². The predicted octanol–water partition coefficient (Wildman–Crippen LogP) is 3.68. The van der Waals surface area contributed by atoms with Crippen LogP contribution < -0.4 is 4.74 Å². The minimum Gasteiger partial charge on any atom is -0.497 e. The maximum Gasteiger partial charge on any atom is 0.119 e. The first-order valence-electron chi connectivity index (χ1n) is 6.52. The van der Waals surface area contributed by atoms with Crippen molar-refractivity contribution in [2.24, 2.45) is 5.92 Å². The summed E-state index contributed by atoms with van der Waals surface area (Å²) in [6, 6.07) is 12.2. The van der Waals surface area contributed by atoms with Crippen LogP contribution in [0.25, 0.3) is 10.8 Å². The number of rotatable bonds is 4. The highest BCUT2D eigenvalue weighted by Crippen LogP contribution is 2.38. The lowest BCUT2D eigenvalue weighted by Crippen LogP contribution is -1.98. The van der Waals surface area contributed by atoms with E-state index in [-0.39, 0.29) is 6.10 Å². The summed E-state index contributed by atoms with van der Waals surface area (Å²) in [4.78, 5) is 0. The molecule has 18 heavy (non-hydrogen) atoms. The van der Waals surface area contributed by atoms with Crippen molar-refractivity contribution in [2.75, 3.05) is 7.11 Å². The molecule has 1 N–H and O–H groups in total. The Bertz CT molecular complexity index is 558. The van der Waals surface area contributed by atoms with Crippen LogP contribution in [0.4, 0.5) is 0 Å². The van der Waals surface area contributed by atoms with Crippen LogP contribution in [0.5, 0.6) is 5.75 Å². The van der Waals surface area contributed by atoms with Crippen LogP contribution in [0.1, 0.15) is 30.9 Å². The molecular formula is C16H18O2. The zero-order chi connectivity index (χ0) is 12.5. The molecule has 1 unspecified atom stereocenters. The Kier molecular flexibility index (Phi) is 2.96. The lowest BCUT2D eigenvalue weighted by atomic mass is 10.00. The van der Waals surface area contributed by atoms with Crippen molar-refractivity contribution in [3.63, 3.8) is 0 Å². The number of aliphatic hydroxyl groups excluding tert-OH is 1.